The molecular formula is C14H23NO4. The van der Waals surface area contributed by atoms with Gasteiger partial charge in [0.2, 0.25) is 0 Å². The van der Waals surface area contributed by atoms with Gasteiger partial charge in [0.1, 0.15) is 18.2 Å². The first-order valence-electron chi connectivity index (χ1n) is 7.08. The summed E-state index contributed by atoms with van der Waals surface area (Å²) in [6.45, 7) is 4.58. The van der Waals surface area contributed by atoms with Crippen molar-refractivity contribution < 1.29 is 19.5 Å². The number of rotatable bonds is 6. The van der Waals surface area contributed by atoms with Crippen LogP contribution >= 0.6 is 0 Å². The molecule has 19 heavy (non-hydrogen) atoms. The predicted octanol–water partition coefficient (Wildman–Crippen LogP) is 1.27. The van der Waals surface area contributed by atoms with Crippen molar-refractivity contribution >= 4 is 5.97 Å². The van der Waals surface area contributed by atoms with Crippen LogP contribution in [0.25, 0.3) is 0 Å². The van der Waals surface area contributed by atoms with E-state index in [-0.39, 0.29) is 36.7 Å². The molecule has 2 saturated heterocycles. The van der Waals surface area contributed by atoms with Gasteiger partial charge in [-0.3, -0.25) is 9.63 Å². The molecule has 2 aliphatic heterocycles. The van der Waals surface area contributed by atoms with E-state index >= 15 is 0 Å². The fraction of sp³-hybridized carbons (Fsp3) is 0.786. The van der Waals surface area contributed by atoms with Crippen LogP contribution in [0.3, 0.4) is 0 Å². The second-order valence-electron chi connectivity index (χ2n) is 5.15. The maximum atomic E-state index is 11.8. The Bertz CT molecular complexity index is 344. The second-order valence-corrected chi connectivity index (χ2v) is 5.15. The average molecular weight is 269 g/mol. The summed E-state index contributed by atoms with van der Waals surface area (Å²) in [5.41, 5.74) is 0. The first-order valence-corrected chi connectivity index (χ1v) is 7.08. The van der Waals surface area contributed by atoms with Gasteiger partial charge in [0.15, 0.2) is 0 Å². The zero-order valence-electron chi connectivity index (χ0n) is 11.6. The number of hydroxylamine groups is 2. The Morgan fingerprint density at radius 3 is 2.89 bits per heavy atom. The van der Waals surface area contributed by atoms with Crippen LogP contribution in [0, 0.1) is 5.92 Å². The molecule has 1 unspecified atom stereocenters. The third-order valence-corrected chi connectivity index (χ3v) is 3.79. The van der Waals surface area contributed by atoms with E-state index in [9.17, 15) is 9.90 Å². The lowest BCUT2D eigenvalue weighted by Gasteiger charge is -2.19. The van der Waals surface area contributed by atoms with Gasteiger partial charge in [0.05, 0.1) is 12.5 Å². The number of carbonyl (C=O) groups excluding carboxylic acids is 1. The van der Waals surface area contributed by atoms with Gasteiger partial charge < -0.3 is 9.84 Å². The van der Waals surface area contributed by atoms with Crippen molar-refractivity contribution in [2.24, 2.45) is 5.92 Å². The zero-order chi connectivity index (χ0) is 13.8. The fourth-order valence-electron chi connectivity index (χ4n) is 2.87. The maximum Gasteiger partial charge on any atom is 0.326 e. The van der Waals surface area contributed by atoms with Gasteiger partial charge in [-0.05, 0) is 26.2 Å². The molecule has 4 atom stereocenters. The van der Waals surface area contributed by atoms with Crippen LogP contribution in [0.2, 0.25) is 0 Å². The SMILES string of the molecule is CC/C=C\CCCN1OC(CO)[C@H]2[C@H](C)OC(=O)[C@H]21. The van der Waals surface area contributed by atoms with Crippen LogP contribution in [0.4, 0.5) is 0 Å². The summed E-state index contributed by atoms with van der Waals surface area (Å²) in [4.78, 5) is 17.5. The van der Waals surface area contributed by atoms with E-state index < -0.39 is 0 Å². The predicted molar refractivity (Wildman–Crippen MR) is 70.2 cm³/mol. The number of cyclic esters (lactones) is 1. The highest BCUT2D eigenvalue weighted by atomic mass is 16.7. The lowest BCUT2D eigenvalue weighted by atomic mass is 9.93. The summed E-state index contributed by atoms with van der Waals surface area (Å²) < 4.78 is 5.25. The first kappa shape index (κ1) is 14.5. The molecule has 1 N–H and O–H groups in total. The summed E-state index contributed by atoms with van der Waals surface area (Å²) >= 11 is 0. The number of aliphatic hydroxyl groups excluding tert-OH is 1. The molecule has 2 fully saturated rings. The van der Waals surface area contributed by atoms with E-state index in [1.165, 1.54) is 0 Å². The molecule has 0 amide bonds. The summed E-state index contributed by atoms with van der Waals surface area (Å²) in [6, 6.07) is -0.345. The monoisotopic (exact) mass is 269 g/mol. The van der Waals surface area contributed by atoms with Crippen molar-refractivity contribution in [1.82, 2.24) is 5.06 Å². The molecule has 108 valence electrons. The topological polar surface area (TPSA) is 59.0 Å². The average Bonchev–Trinajstić information content (AvgIpc) is 2.90. The third kappa shape index (κ3) is 2.99. The molecule has 0 radical (unpaired) electrons. The molecule has 2 rings (SSSR count). The minimum absolute atomic E-state index is 0.0521. The molecule has 0 aromatic heterocycles. The van der Waals surface area contributed by atoms with Gasteiger partial charge in [-0.15, -0.1) is 0 Å². The molecule has 0 aliphatic carbocycles. The number of allylic oxidation sites excluding steroid dienone is 2. The number of hydrogen-bond acceptors (Lipinski definition) is 5. The van der Waals surface area contributed by atoms with Crippen molar-refractivity contribution in [2.75, 3.05) is 13.2 Å². The highest BCUT2D eigenvalue weighted by Crippen LogP contribution is 2.37. The molecule has 5 nitrogen and oxygen atoms in total. The van der Waals surface area contributed by atoms with E-state index in [1.54, 1.807) is 5.06 Å². The van der Waals surface area contributed by atoms with Gasteiger partial charge in [0.25, 0.3) is 0 Å². The Kier molecular flexibility index (Phi) is 4.96. The normalized spacial score (nSPS) is 35.0. The highest BCUT2D eigenvalue weighted by molar-refractivity contribution is 5.79. The van der Waals surface area contributed by atoms with Crippen LogP contribution in [-0.2, 0) is 14.4 Å². The minimum Gasteiger partial charge on any atom is -0.461 e. The molecule has 5 heteroatoms. The summed E-state index contributed by atoms with van der Waals surface area (Å²) in [5.74, 6) is -0.277. The Morgan fingerprint density at radius 1 is 1.42 bits per heavy atom. The van der Waals surface area contributed by atoms with Crippen LogP contribution in [0.15, 0.2) is 12.2 Å². The third-order valence-electron chi connectivity index (χ3n) is 3.79. The molecule has 0 aromatic rings. The van der Waals surface area contributed by atoms with E-state index in [4.69, 9.17) is 9.57 Å². The van der Waals surface area contributed by atoms with Crippen molar-refractivity contribution in [3.05, 3.63) is 12.2 Å². The Morgan fingerprint density at radius 2 is 2.21 bits per heavy atom. The largest absolute Gasteiger partial charge is 0.461 e. The van der Waals surface area contributed by atoms with Gasteiger partial charge in [-0.25, -0.2) is 0 Å². The van der Waals surface area contributed by atoms with Gasteiger partial charge >= 0.3 is 5.97 Å². The van der Waals surface area contributed by atoms with Crippen molar-refractivity contribution in [2.45, 2.75) is 51.4 Å². The van der Waals surface area contributed by atoms with Crippen LogP contribution in [0.1, 0.15) is 33.1 Å². The standard InChI is InChI=1S/C14H23NO4/c1-3-4-5-6-7-8-15-13-12(11(9-16)19-15)10(2)18-14(13)17/h4-5,10-13,16H,3,6-9H2,1-2H3/b5-4-/t10-,11?,12+,13-/m0/s1. The van der Waals surface area contributed by atoms with Crippen molar-refractivity contribution in [3.8, 4) is 0 Å². The Hall–Kier alpha value is -0.910. The first-order chi connectivity index (χ1) is 9.19. The number of hydrogen-bond donors (Lipinski definition) is 1. The second kappa shape index (κ2) is 6.50. The molecular weight excluding hydrogens is 246 g/mol. The van der Waals surface area contributed by atoms with E-state index in [0.29, 0.717) is 6.54 Å². The number of aliphatic hydroxyl groups is 1. The molecule has 0 spiro atoms. The van der Waals surface area contributed by atoms with E-state index in [1.807, 2.05) is 6.92 Å². The maximum absolute atomic E-state index is 11.8. The lowest BCUT2D eigenvalue weighted by molar-refractivity contribution is -0.191. The Labute approximate surface area is 114 Å². The van der Waals surface area contributed by atoms with Crippen molar-refractivity contribution in [3.63, 3.8) is 0 Å². The quantitative estimate of drug-likeness (QED) is 0.447. The van der Waals surface area contributed by atoms with E-state index in [0.717, 1.165) is 19.3 Å². The molecule has 0 bridgehead atoms. The van der Waals surface area contributed by atoms with Crippen LogP contribution in [-0.4, -0.2) is 47.5 Å². The molecule has 2 aliphatic rings. The zero-order valence-corrected chi connectivity index (χ0v) is 11.6. The minimum atomic E-state index is -0.345. The number of nitrogens with zero attached hydrogens (tertiary/aromatic N) is 1. The van der Waals surface area contributed by atoms with Gasteiger partial charge in [0, 0.05) is 6.54 Å². The number of ether oxygens (including phenoxy) is 1. The summed E-state index contributed by atoms with van der Waals surface area (Å²) in [7, 11) is 0. The molecule has 0 aromatic carbocycles. The summed E-state index contributed by atoms with van der Waals surface area (Å²) in [5, 5.41) is 11.1. The number of fused-ring (bicyclic) bond motifs is 1. The summed E-state index contributed by atoms with van der Waals surface area (Å²) in [6.07, 6.45) is 6.72. The number of esters is 1. The Balaban J connectivity index is 1.91. The van der Waals surface area contributed by atoms with Gasteiger partial charge in [-0.2, -0.15) is 5.06 Å². The smallest absolute Gasteiger partial charge is 0.326 e. The highest BCUT2D eigenvalue weighted by Gasteiger charge is 2.55. The fourth-order valence-corrected chi connectivity index (χ4v) is 2.87. The number of carbonyl (C=O) groups is 1. The van der Waals surface area contributed by atoms with Crippen LogP contribution in [0.5, 0.6) is 0 Å². The number of unbranched alkanes of at least 4 members (excludes halogenated alkanes) is 1. The van der Waals surface area contributed by atoms with Crippen LogP contribution < -0.4 is 0 Å². The van der Waals surface area contributed by atoms with Crippen molar-refractivity contribution in [1.29, 1.82) is 0 Å². The van der Waals surface area contributed by atoms with E-state index in [2.05, 4.69) is 19.1 Å². The van der Waals surface area contributed by atoms with Gasteiger partial charge in [-0.1, -0.05) is 19.1 Å². The molecule has 0 saturated carbocycles. The lowest BCUT2D eigenvalue weighted by Crippen LogP contribution is -2.36. The molecule has 2 heterocycles.